The van der Waals surface area contributed by atoms with Crippen LogP contribution in [0.2, 0.25) is 0 Å². The van der Waals surface area contributed by atoms with Crippen molar-refractivity contribution in [3.05, 3.63) is 56.9 Å². The number of rotatable bonds is 8. The lowest BCUT2D eigenvalue weighted by atomic mass is 9.84. The van der Waals surface area contributed by atoms with Gasteiger partial charge in [-0.15, -0.1) is 0 Å². The Morgan fingerprint density at radius 3 is 2.59 bits per heavy atom. The van der Waals surface area contributed by atoms with Crippen LogP contribution in [-0.4, -0.2) is 73.8 Å². The van der Waals surface area contributed by atoms with Crippen LogP contribution >= 0.6 is 0 Å². The summed E-state index contributed by atoms with van der Waals surface area (Å²) in [5, 5.41) is 15.9. The molecule has 2 aliphatic heterocycles. The Morgan fingerprint density at radius 1 is 1.22 bits per heavy atom. The van der Waals surface area contributed by atoms with Gasteiger partial charge in [-0.2, -0.15) is 17.9 Å². The number of aromatic nitrogens is 2. The smallest absolute Gasteiger partial charge is 0.343 e. The first-order chi connectivity index (χ1) is 19.2. The molecule has 1 atom stereocenters. The molecule has 0 radical (unpaired) electrons. The molecule has 1 unspecified atom stereocenters. The van der Waals surface area contributed by atoms with Crippen molar-refractivity contribution in [1.29, 1.82) is 0 Å². The number of ether oxygens (including phenoxy) is 1. The molecule has 0 fully saturated rings. The van der Waals surface area contributed by atoms with Gasteiger partial charge in [-0.25, -0.2) is 18.2 Å². The topological polar surface area (TPSA) is 201 Å². The SMILES string of the molecule is CCC1(O)C(=O)OCc2c1c(N)c1n(c2=O)Cc2c-1nc1ccccc1c2C=NN(CCOS(C)(=O)=O)S(C)(=O)=O. The molecule has 0 aliphatic carbocycles. The summed E-state index contributed by atoms with van der Waals surface area (Å²) in [5.41, 5.74) is 5.99. The molecule has 4 heterocycles. The number of cyclic esters (lactones) is 1. The van der Waals surface area contributed by atoms with Gasteiger partial charge in [0.25, 0.3) is 15.7 Å². The fourth-order valence-electron chi connectivity index (χ4n) is 5.13. The van der Waals surface area contributed by atoms with E-state index in [1.807, 2.05) is 0 Å². The highest BCUT2D eigenvalue weighted by molar-refractivity contribution is 7.88. The maximum Gasteiger partial charge on any atom is 0.343 e. The summed E-state index contributed by atoms with van der Waals surface area (Å²) >= 11 is 0. The first kappa shape index (κ1) is 28.7. The first-order valence-corrected chi connectivity index (χ1v) is 16.1. The highest BCUT2D eigenvalue weighted by Crippen LogP contribution is 2.44. The van der Waals surface area contributed by atoms with E-state index in [0.29, 0.717) is 32.1 Å². The second-order valence-corrected chi connectivity index (χ2v) is 13.3. The Hall–Kier alpha value is -3.86. The first-order valence-electron chi connectivity index (χ1n) is 12.4. The Labute approximate surface area is 235 Å². The zero-order valence-corrected chi connectivity index (χ0v) is 24.0. The molecule has 0 amide bonds. The third-order valence-electron chi connectivity index (χ3n) is 7.07. The number of hydrogen-bond acceptors (Lipinski definition) is 12. The van der Waals surface area contributed by atoms with Gasteiger partial charge in [0.15, 0.2) is 5.60 Å². The number of anilines is 1. The minimum Gasteiger partial charge on any atom is -0.458 e. The number of sulfonamides is 1. The number of fused-ring (bicyclic) bond motifs is 5. The van der Waals surface area contributed by atoms with Crippen molar-refractivity contribution in [3.63, 3.8) is 0 Å². The number of nitrogens with two attached hydrogens (primary N) is 1. The fraction of sp³-hybridized carbons (Fsp3) is 0.360. The number of carbonyl (C=O) groups is 1. The highest BCUT2D eigenvalue weighted by Gasteiger charge is 2.47. The maximum absolute atomic E-state index is 13.6. The Balaban J connectivity index is 1.70. The lowest BCUT2D eigenvalue weighted by Gasteiger charge is -2.33. The van der Waals surface area contributed by atoms with Crippen molar-refractivity contribution < 1.29 is 35.7 Å². The van der Waals surface area contributed by atoms with Crippen LogP contribution in [0.1, 0.15) is 35.6 Å². The summed E-state index contributed by atoms with van der Waals surface area (Å²) in [6, 6.07) is 6.98. The molecule has 5 rings (SSSR count). The van der Waals surface area contributed by atoms with E-state index in [1.54, 1.807) is 31.2 Å². The van der Waals surface area contributed by atoms with E-state index in [1.165, 1.54) is 10.8 Å². The van der Waals surface area contributed by atoms with Gasteiger partial charge in [-0.05, 0) is 12.5 Å². The van der Waals surface area contributed by atoms with Crippen LogP contribution in [0, 0.1) is 0 Å². The number of benzene rings is 1. The van der Waals surface area contributed by atoms with Crippen LogP contribution in [-0.2, 0) is 52.6 Å². The number of hydrogen-bond donors (Lipinski definition) is 2. The van der Waals surface area contributed by atoms with Crippen LogP contribution in [0.15, 0.2) is 34.2 Å². The largest absolute Gasteiger partial charge is 0.458 e. The number of para-hydroxylation sites is 1. The number of esters is 1. The van der Waals surface area contributed by atoms with Crippen molar-refractivity contribution in [2.24, 2.45) is 5.10 Å². The van der Waals surface area contributed by atoms with Crippen molar-refractivity contribution >= 4 is 48.9 Å². The van der Waals surface area contributed by atoms with Gasteiger partial charge < -0.3 is 20.1 Å². The van der Waals surface area contributed by atoms with Gasteiger partial charge in [0.1, 0.15) is 6.61 Å². The predicted octanol–water partition coefficient (Wildman–Crippen LogP) is 0.234. The van der Waals surface area contributed by atoms with E-state index >= 15 is 0 Å². The van der Waals surface area contributed by atoms with Gasteiger partial charge in [0.2, 0.25) is 10.0 Å². The predicted molar refractivity (Wildman–Crippen MR) is 149 cm³/mol. The molecule has 0 bridgehead atoms. The van der Waals surface area contributed by atoms with Crippen molar-refractivity contribution in [3.8, 4) is 11.4 Å². The lowest BCUT2D eigenvalue weighted by Crippen LogP contribution is -2.45. The molecule has 0 saturated carbocycles. The molecule has 16 heteroatoms. The molecule has 3 N–H and O–H groups in total. The van der Waals surface area contributed by atoms with E-state index in [4.69, 9.17) is 15.5 Å². The monoisotopic (exact) mass is 605 g/mol. The summed E-state index contributed by atoms with van der Waals surface area (Å²) in [4.78, 5) is 30.9. The maximum atomic E-state index is 13.6. The normalized spacial score (nSPS) is 18.3. The molecule has 3 aromatic rings. The summed E-state index contributed by atoms with van der Waals surface area (Å²) in [6.07, 6.45) is 2.98. The molecule has 14 nitrogen and oxygen atoms in total. The van der Waals surface area contributed by atoms with E-state index in [9.17, 15) is 31.5 Å². The number of hydrazone groups is 1. The second-order valence-electron chi connectivity index (χ2n) is 9.75. The van der Waals surface area contributed by atoms with Gasteiger partial charge in [0.05, 0.1) is 66.6 Å². The molecule has 2 aromatic heterocycles. The molecular weight excluding hydrogens is 578 g/mol. The van der Waals surface area contributed by atoms with Crippen LogP contribution in [0.25, 0.3) is 22.3 Å². The highest BCUT2D eigenvalue weighted by atomic mass is 32.2. The lowest BCUT2D eigenvalue weighted by molar-refractivity contribution is -0.172. The quantitative estimate of drug-likeness (QED) is 0.121. The zero-order valence-electron chi connectivity index (χ0n) is 22.3. The molecule has 2 aliphatic rings. The van der Waals surface area contributed by atoms with Crippen LogP contribution in [0.3, 0.4) is 0 Å². The average Bonchev–Trinajstić information content (AvgIpc) is 3.28. The number of carbonyl (C=O) groups excluding carboxylic acids is 1. The fourth-order valence-corrected chi connectivity index (χ4v) is 6.13. The van der Waals surface area contributed by atoms with Gasteiger partial charge in [-0.3, -0.25) is 8.98 Å². The number of aliphatic hydroxyl groups is 1. The Kier molecular flexibility index (Phi) is 6.92. The number of pyridine rings is 2. The average molecular weight is 606 g/mol. The van der Waals surface area contributed by atoms with Crippen LogP contribution in [0.4, 0.5) is 5.69 Å². The summed E-state index contributed by atoms with van der Waals surface area (Å²) in [7, 11) is -7.73. The minimum absolute atomic E-state index is 0.000321. The third kappa shape index (κ3) is 4.86. The summed E-state index contributed by atoms with van der Waals surface area (Å²) in [5.74, 6) is -0.901. The summed E-state index contributed by atoms with van der Waals surface area (Å²) in [6.45, 7) is 0.385. The van der Waals surface area contributed by atoms with Gasteiger partial charge >= 0.3 is 5.97 Å². The van der Waals surface area contributed by atoms with Crippen molar-refractivity contribution in [2.75, 3.05) is 31.4 Å². The molecular formula is C25H27N5O9S2. The molecule has 218 valence electrons. The van der Waals surface area contributed by atoms with E-state index < -0.39 is 43.9 Å². The number of nitrogen functional groups attached to an aromatic ring is 1. The second kappa shape index (κ2) is 9.90. The van der Waals surface area contributed by atoms with E-state index in [2.05, 4.69) is 9.28 Å². The van der Waals surface area contributed by atoms with Crippen LogP contribution < -0.4 is 11.3 Å². The number of nitrogens with zero attached hydrogens (tertiary/aromatic N) is 4. The molecule has 0 saturated heterocycles. The van der Waals surface area contributed by atoms with E-state index in [0.717, 1.165) is 12.5 Å². The van der Waals surface area contributed by atoms with Crippen LogP contribution in [0.5, 0.6) is 0 Å². The van der Waals surface area contributed by atoms with Crippen molar-refractivity contribution in [1.82, 2.24) is 14.0 Å². The standard InChI is InChI=1S/C25H27N5O9S2/c1-4-25(33)19-17(13-38-24(25)32)23(31)29-12-16-15(11-27-30(40(2,34)35)9-10-39-41(3,36)37)14-7-5-6-8-18(14)28-21(16)22(29)20(19)26/h5-8,11,33H,4,9-10,12-13,26H2,1-3H3. The Morgan fingerprint density at radius 2 is 1.93 bits per heavy atom. The molecule has 0 spiro atoms. The van der Waals surface area contributed by atoms with Crippen molar-refractivity contribution in [2.45, 2.75) is 32.1 Å². The van der Waals surface area contributed by atoms with E-state index in [-0.39, 0.29) is 48.6 Å². The Bertz CT molecular complexity index is 1920. The van der Waals surface area contributed by atoms with Gasteiger partial charge in [-0.1, -0.05) is 25.1 Å². The molecule has 41 heavy (non-hydrogen) atoms. The third-order valence-corrected chi connectivity index (χ3v) is 8.70. The molecule has 1 aromatic carbocycles. The summed E-state index contributed by atoms with van der Waals surface area (Å²) < 4.78 is 59.4. The zero-order chi connectivity index (χ0) is 29.9. The minimum atomic E-state index is -3.92. The van der Waals surface area contributed by atoms with Gasteiger partial charge in [0, 0.05) is 22.1 Å².